The molecule has 0 fully saturated rings. The second-order valence-corrected chi connectivity index (χ2v) is 4.25. The van der Waals surface area contributed by atoms with Crippen LogP contribution in [0.15, 0.2) is 42.6 Å². The summed E-state index contributed by atoms with van der Waals surface area (Å²) in [4.78, 5) is 8.50. The minimum absolute atomic E-state index is 0.109. The molecule has 0 atom stereocenters. The molecule has 0 amide bonds. The molecule has 4 nitrogen and oxygen atoms in total. The summed E-state index contributed by atoms with van der Waals surface area (Å²) in [5.41, 5.74) is 1.30. The number of fused-ring (bicyclic) bond motifs is 1. The second kappa shape index (κ2) is 4.88. The normalized spacial score (nSPS) is 11.2. The average Bonchev–Trinajstić information content (AvgIpc) is 2.84. The van der Waals surface area contributed by atoms with Crippen molar-refractivity contribution < 1.29 is 13.5 Å². The Bertz CT molecular complexity index is 755. The van der Waals surface area contributed by atoms with Crippen molar-refractivity contribution in [2.75, 3.05) is 0 Å². The van der Waals surface area contributed by atoms with E-state index in [1.807, 2.05) is 29.9 Å². The minimum atomic E-state index is -2.92. The molecule has 0 N–H and O–H groups in total. The van der Waals surface area contributed by atoms with E-state index < -0.39 is 6.61 Å². The molecule has 0 aliphatic carbocycles. The molecule has 3 rings (SSSR count). The van der Waals surface area contributed by atoms with Gasteiger partial charge in [0.2, 0.25) is 5.88 Å². The molecule has 0 aliphatic rings. The SMILES string of the molecule is Cn1cccc1-c1nc(OC(F)F)c2ccccc2n1. The average molecular weight is 275 g/mol. The Hall–Kier alpha value is -2.50. The van der Waals surface area contributed by atoms with Gasteiger partial charge in [-0.15, -0.1) is 0 Å². The number of rotatable bonds is 3. The van der Waals surface area contributed by atoms with Crippen LogP contribution >= 0.6 is 0 Å². The summed E-state index contributed by atoms with van der Waals surface area (Å²) in [5, 5.41) is 0.464. The van der Waals surface area contributed by atoms with E-state index in [1.54, 1.807) is 24.3 Å². The van der Waals surface area contributed by atoms with Crippen molar-refractivity contribution in [3.8, 4) is 17.4 Å². The Balaban J connectivity index is 2.22. The van der Waals surface area contributed by atoms with Crippen molar-refractivity contribution >= 4 is 10.9 Å². The largest absolute Gasteiger partial charge is 0.416 e. The topological polar surface area (TPSA) is 39.9 Å². The Morgan fingerprint density at radius 1 is 1.10 bits per heavy atom. The fourth-order valence-corrected chi connectivity index (χ4v) is 2.03. The van der Waals surface area contributed by atoms with Gasteiger partial charge in [-0.1, -0.05) is 12.1 Å². The van der Waals surface area contributed by atoms with E-state index in [1.165, 1.54) is 0 Å². The highest BCUT2D eigenvalue weighted by atomic mass is 19.3. The summed E-state index contributed by atoms with van der Waals surface area (Å²) < 4.78 is 31.4. The number of aromatic nitrogens is 3. The fraction of sp³-hybridized carbons (Fsp3) is 0.143. The van der Waals surface area contributed by atoms with Crippen LogP contribution in [0.5, 0.6) is 5.88 Å². The van der Waals surface area contributed by atoms with Gasteiger partial charge in [0.1, 0.15) is 0 Å². The van der Waals surface area contributed by atoms with Crippen molar-refractivity contribution in [3.05, 3.63) is 42.6 Å². The molecule has 0 aliphatic heterocycles. The van der Waals surface area contributed by atoms with Crippen LogP contribution in [0.1, 0.15) is 0 Å². The van der Waals surface area contributed by atoms with Crippen LogP contribution in [-0.2, 0) is 7.05 Å². The third-order valence-electron chi connectivity index (χ3n) is 2.94. The first kappa shape index (κ1) is 12.5. The molecule has 1 aromatic carbocycles. The van der Waals surface area contributed by atoms with E-state index in [2.05, 4.69) is 14.7 Å². The first-order valence-electron chi connectivity index (χ1n) is 5.98. The van der Waals surface area contributed by atoms with Crippen LogP contribution in [0.25, 0.3) is 22.4 Å². The maximum Gasteiger partial charge on any atom is 0.388 e. The number of halogens is 2. The van der Waals surface area contributed by atoms with Gasteiger partial charge < -0.3 is 9.30 Å². The lowest BCUT2D eigenvalue weighted by Crippen LogP contribution is -2.06. The summed E-state index contributed by atoms with van der Waals surface area (Å²) in [6, 6.07) is 10.6. The highest BCUT2D eigenvalue weighted by Gasteiger charge is 2.14. The molecular weight excluding hydrogens is 264 g/mol. The van der Waals surface area contributed by atoms with Gasteiger partial charge in [-0.3, -0.25) is 0 Å². The van der Waals surface area contributed by atoms with Crippen LogP contribution in [0.2, 0.25) is 0 Å². The van der Waals surface area contributed by atoms with Crippen LogP contribution in [-0.4, -0.2) is 21.1 Å². The summed E-state index contributed by atoms with van der Waals surface area (Å²) in [5.74, 6) is 0.244. The van der Waals surface area contributed by atoms with E-state index in [4.69, 9.17) is 0 Å². The highest BCUT2D eigenvalue weighted by molar-refractivity contribution is 5.84. The zero-order chi connectivity index (χ0) is 14.1. The van der Waals surface area contributed by atoms with Crippen molar-refractivity contribution in [3.63, 3.8) is 0 Å². The lowest BCUT2D eigenvalue weighted by molar-refractivity contribution is -0.0516. The third-order valence-corrected chi connectivity index (χ3v) is 2.94. The molecule has 3 aromatic rings. The van der Waals surface area contributed by atoms with Gasteiger partial charge in [-0.05, 0) is 24.3 Å². The monoisotopic (exact) mass is 275 g/mol. The van der Waals surface area contributed by atoms with Gasteiger partial charge in [0.25, 0.3) is 0 Å². The van der Waals surface area contributed by atoms with E-state index >= 15 is 0 Å². The van der Waals surface area contributed by atoms with E-state index in [-0.39, 0.29) is 5.88 Å². The number of aryl methyl sites for hydroxylation is 1. The van der Waals surface area contributed by atoms with E-state index in [0.717, 1.165) is 5.69 Å². The molecule has 6 heteroatoms. The standard InChI is InChI=1S/C14H11F2N3O/c1-19-8-4-7-11(19)12-17-10-6-3-2-5-9(10)13(18-12)20-14(15)16/h2-8,14H,1H3. The quantitative estimate of drug-likeness (QED) is 0.736. The van der Waals surface area contributed by atoms with Crippen molar-refractivity contribution in [1.82, 2.24) is 14.5 Å². The molecule has 102 valence electrons. The summed E-state index contributed by atoms with van der Waals surface area (Å²) in [6.07, 6.45) is 1.83. The molecule has 0 radical (unpaired) electrons. The fourth-order valence-electron chi connectivity index (χ4n) is 2.03. The summed E-state index contributed by atoms with van der Waals surface area (Å²) in [7, 11) is 1.83. The molecule has 0 unspecified atom stereocenters. The van der Waals surface area contributed by atoms with Gasteiger partial charge in [0, 0.05) is 13.2 Å². The van der Waals surface area contributed by atoms with Crippen molar-refractivity contribution in [2.45, 2.75) is 6.61 Å². The van der Waals surface area contributed by atoms with Crippen LogP contribution in [0.3, 0.4) is 0 Å². The smallest absolute Gasteiger partial charge is 0.388 e. The molecule has 0 saturated heterocycles. The number of hydrogen-bond acceptors (Lipinski definition) is 3. The molecule has 20 heavy (non-hydrogen) atoms. The van der Waals surface area contributed by atoms with Crippen molar-refractivity contribution in [1.29, 1.82) is 0 Å². The molecular formula is C14H11F2N3O. The highest BCUT2D eigenvalue weighted by Crippen LogP contribution is 2.27. The first-order chi connectivity index (χ1) is 9.65. The third kappa shape index (κ3) is 2.20. The number of ether oxygens (including phenoxy) is 1. The van der Waals surface area contributed by atoms with Gasteiger partial charge >= 0.3 is 6.61 Å². The number of alkyl halides is 2. The number of nitrogens with zero attached hydrogens (tertiary/aromatic N) is 3. The zero-order valence-electron chi connectivity index (χ0n) is 10.6. The van der Waals surface area contributed by atoms with Crippen molar-refractivity contribution in [2.24, 2.45) is 7.05 Å². The Kier molecular flexibility index (Phi) is 3.06. The molecule has 0 bridgehead atoms. The second-order valence-electron chi connectivity index (χ2n) is 4.25. The van der Waals surface area contributed by atoms with Crippen LogP contribution in [0, 0.1) is 0 Å². The van der Waals surface area contributed by atoms with Gasteiger partial charge in [0.15, 0.2) is 5.82 Å². The first-order valence-corrected chi connectivity index (χ1v) is 5.98. The molecule has 0 spiro atoms. The molecule has 2 aromatic heterocycles. The zero-order valence-corrected chi connectivity index (χ0v) is 10.6. The maximum absolute atomic E-state index is 12.5. The molecule has 0 saturated carbocycles. The van der Waals surface area contributed by atoms with Gasteiger partial charge in [-0.2, -0.15) is 13.8 Å². The number of para-hydroxylation sites is 1. The van der Waals surface area contributed by atoms with E-state index in [0.29, 0.717) is 16.7 Å². The predicted octanol–water partition coefficient (Wildman–Crippen LogP) is 3.24. The minimum Gasteiger partial charge on any atom is -0.416 e. The Morgan fingerprint density at radius 2 is 1.90 bits per heavy atom. The van der Waals surface area contributed by atoms with Crippen LogP contribution < -0.4 is 4.74 Å². The Labute approximate surface area is 113 Å². The van der Waals surface area contributed by atoms with Gasteiger partial charge in [0.05, 0.1) is 16.6 Å². The number of hydrogen-bond donors (Lipinski definition) is 0. The van der Waals surface area contributed by atoms with Gasteiger partial charge in [-0.25, -0.2) is 4.98 Å². The summed E-state index contributed by atoms with van der Waals surface area (Å²) >= 11 is 0. The lowest BCUT2D eigenvalue weighted by atomic mass is 10.2. The molecule has 2 heterocycles. The maximum atomic E-state index is 12.5. The van der Waals surface area contributed by atoms with Crippen LogP contribution in [0.4, 0.5) is 8.78 Å². The lowest BCUT2D eigenvalue weighted by Gasteiger charge is -2.09. The summed E-state index contributed by atoms with van der Waals surface area (Å²) in [6.45, 7) is -2.92. The van der Waals surface area contributed by atoms with E-state index in [9.17, 15) is 8.78 Å². The predicted molar refractivity (Wildman–Crippen MR) is 70.6 cm³/mol. The Morgan fingerprint density at radius 3 is 2.60 bits per heavy atom. The number of benzene rings is 1.